The first-order valence-electron chi connectivity index (χ1n) is 19.9. The summed E-state index contributed by atoms with van der Waals surface area (Å²) >= 11 is 0. The highest BCUT2D eigenvalue weighted by Gasteiger charge is 2.20. The van der Waals surface area contributed by atoms with Crippen molar-refractivity contribution in [2.75, 3.05) is 28.4 Å². The molecule has 0 saturated heterocycles. The Labute approximate surface area is 372 Å². The van der Waals surface area contributed by atoms with Gasteiger partial charge in [-0.05, 0) is 108 Å². The van der Waals surface area contributed by atoms with Crippen LogP contribution in [0.5, 0.6) is 23.0 Å². The van der Waals surface area contributed by atoms with Crippen LogP contribution in [0.1, 0.15) is 44.5 Å². The third-order valence-electron chi connectivity index (χ3n) is 9.28. The van der Waals surface area contributed by atoms with E-state index in [2.05, 4.69) is 31.4 Å². The van der Waals surface area contributed by atoms with Crippen molar-refractivity contribution in [2.24, 2.45) is 20.5 Å². The van der Waals surface area contributed by atoms with Gasteiger partial charge in [0.05, 0.1) is 26.6 Å². The van der Waals surface area contributed by atoms with Crippen LogP contribution in [-0.2, 0) is 32.5 Å². The zero-order valence-electron chi connectivity index (χ0n) is 36.5. The summed E-state index contributed by atoms with van der Waals surface area (Å²) in [7, 11) is 5.98. The smallest absolute Gasteiger partial charge is 0.294 e. The van der Waals surface area contributed by atoms with Gasteiger partial charge in [-0.3, -0.25) is 9.59 Å². The van der Waals surface area contributed by atoms with Crippen molar-refractivity contribution < 1.29 is 38.2 Å². The number of carbonyl (C=O) groups excluding carboxylic acids is 2. The SMILES string of the molecule is CO/N=C(/C(=O)N/N=C/c1ccc(OC)cc1)c1ccccc1COc1ccccc1C.CO/N=C(/C(=O)N/N=C/c1ccc(OC)cc1)c1ccccc1COc1ccccc1C. The Hall–Kier alpha value is -8.26. The second-order valence-electron chi connectivity index (χ2n) is 13.6. The molecule has 2 N–H and O–H groups in total. The molecule has 2 amide bonds. The lowest BCUT2D eigenvalue weighted by atomic mass is 10.0. The number of benzene rings is 6. The van der Waals surface area contributed by atoms with Crippen molar-refractivity contribution >= 4 is 35.7 Å². The first-order chi connectivity index (χ1) is 31.2. The first-order valence-corrected chi connectivity index (χ1v) is 19.9. The van der Waals surface area contributed by atoms with Gasteiger partial charge in [0.2, 0.25) is 0 Å². The third kappa shape index (κ3) is 13.9. The standard InChI is InChI=1S/2C25H25N3O4/c2*1-18-8-4-7-11-23(18)32-17-20-9-5-6-10-22(20)24(28-31-3)25(29)27-26-16-19-12-14-21(30-2)15-13-19/h2*4-16H,17H2,1-3H3,(H,27,29)/b2*26-16+,28-24+. The molecule has 14 nitrogen and oxygen atoms in total. The van der Waals surface area contributed by atoms with E-state index in [1.807, 2.05) is 147 Å². The van der Waals surface area contributed by atoms with E-state index < -0.39 is 11.8 Å². The molecule has 6 aromatic carbocycles. The molecule has 0 radical (unpaired) electrons. The van der Waals surface area contributed by atoms with E-state index in [0.717, 1.165) is 56.4 Å². The normalized spacial score (nSPS) is 11.3. The predicted octanol–water partition coefficient (Wildman–Crippen LogP) is 8.17. The van der Waals surface area contributed by atoms with Crippen LogP contribution in [0.15, 0.2) is 166 Å². The number of para-hydroxylation sites is 2. The van der Waals surface area contributed by atoms with E-state index in [0.29, 0.717) is 11.1 Å². The van der Waals surface area contributed by atoms with Crippen molar-refractivity contribution in [1.82, 2.24) is 10.9 Å². The van der Waals surface area contributed by atoms with E-state index in [1.54, 1.807) is 26.4 Å². The van der Waals surface area contributed by atoms with Gasteiger partial charge in [-0.25, -0.2) is 10.9 Å². The zero-order valence-corrected chi connectivity index (χ0v) is 36.5. The Bertz CT molecular complexity index is 2390. The molecular weight excluding hydrogens is 813 g/mol. The van der Waals surface area contributed by atoms with Gasteiger partial charge in [0.15, 0.2) is 11.4 Å². The summed E-state index contributed by atoms with van der Waals surface area (Å²) < 4.78 is 22.2. The maximum Gasteiger partial charge on any atom is 0.294 e. The lowest BCUT2D eigenvalue weighted by Gasteiger charge is -2.13. The van der Waals surface area contributed by atoms with Crippen LogP contribution in [0.4, 0.5) is 0 Å². The Balaban J connectivity index is 0.000000241. The molecule has 328 valence electrons. The molecule has 6 aromatic rings. The Morgan fingerprint density at radius 3 is 1.20 bits per heavy atom. The van der Waals surface area contributed by atoms with Gasteiger partial charge in [-0.1, -0.05) is 95.2 Å². The number of methoxy groups -OCH3 is 2. The topological polar surface area (TPSA) is 163 Å². The molecule has 0 aliphatic rings. The minimum absolute atomic E-state index is 0.100. The second kappa shape index (κ2) is 24.9. The monoisotopic (exact) mass is 862 g/mol. The first kappa shape index (κ1) is 46.8. The minimum atomic E-state index is -0.500. The summed E-state index contributed by atoms with van der Waals surface area (Å²) in [5.74, 6) is 2.04. The summed E-state index contributed by atoms with van der Waals surface area (Å²) in [6.45, 7) is 4.50. The summed E-state index contributed by atoms with van der Waals surface area (Å²) in [6, 6.07) is 44.8. The van der Waals surface area contributed by atoms with Crippen LogP contribution in [0.3, 0.4) is 0 Å². The molecule has 0 atom stereocenters. The number of oxime groups is 2. The molecule has 14 heteroatoms. The number of hydrogen-bond acceptors (Lipinski definition) is 12. The zero-order chi connectivity index (χ0) is 45.5. The number of hydrazone groups is 2. The number of amides is 2. The Kier molecular flexibility index (Phi) is 18.2. The molecule has 6 rings (SSSR count). The Morgan fingerprint density at radius 1 is 0.484 bits per heavy atom. The molecule has 0 aromatic heterocycles. The van der Waals surface area contributed by atoms with Gasteiger partial charge in [-0.15, -0.1) is 0 Å². The molecule has 0 spiro atoms. The number of ether oxygens (including phenoxy) is 4. The number of hydrogen-bond donors (Lipinski definition) is 2. The third-order valence-corrected chi connectivity index (χ3v) is 9.28. The van der Waals surface area contributed by atoms with E-state index in [-0.39, 0.29) is 24.6 Å². The highest BCUT2D eigenvalue weighted by molar-refractivity contribution is 6.46. The van der Waals surface area contributed by atoms with E-state index in [4.69, 9.17) is 28.6 Å². The fourth-order valence-corrected chi connectivity index (χ4v) is 5.93. The van der Waals surface area contributed by atoms with Crippen LogP contribution in [-0.4, -0.2) is 64.1 Å². The maximum atomic E-state index is 12.8. The lowest BCUT2D eigenvalue weighted by molar-refractivity contribution is -0.115. The van der Waals surface area contributed by atoms with E-state index in [9.17, 15) is 9.59 Å². The molecule has 0 fully saturated rings. The van der Waals surface area contributed by atoms with Crippen LogP contribution in [0, 0.1) is 13.8 Å². The summed E-state index contributed by atoms with van der Waals surface area (Å²) in [5.41, 5.74) is 11.7. The minimum Gasteiger partial charge on any atom is -0.497 e. The molecule has 0 aliphatic heterocycles. The molecule has 0 saturated carbocycles. The number of aryl methyl sites for hydroxylation is 2. The summed E-state index contributed by atoms with van der Waals surface area (Å²) in [5, 5.41) is 15.9. The quantitative estimate of drug-likeness (QED) is 0.0646. The number of nitrogens with zero attached hydrogens (tertiary/aromatic N) is 4. The fraction of sp³-hybridized carbons (Fsp3) is 0.160. The fourth-order valence-electron chi connectivity index (χ4n) is 5.93. The second-order valence-corrected chi connectivity index (χ2v) is 13.6. The van der Waals surface area contributed by atoms with Crippen molar-refractivity contribution in [3.8, 4) is 23.0 Å². The van der Waals surface area contributed by atoms with Crippen molar-refractivity contribution in [3.05, 3.63) is 190 Å². The van der Waals surface area contributed by atoms with Gasteiger partial charge in [-0.2, -0.15) is 10.2 Å². The molecule has 0 aliphatic carbocycles. The van der Waals surface area contributed by atoms with Crippen molar-refractivity contribution in [3.63, 3.8) is 0 Å². The molecule has 0 heterocycles. The molecular formula is C50H50N6O8. The van der Waals surface area contributed by atoms with Crippen molar-refractivity contribution in [2.45, 2.75) is 27.1 Å². The van der Waals surface area contributed by atoms with Crippen LogP contribution < -0.4 is 29.8 Å². The van der Waals surface area contributed by atoms with Crippen LogP contribution in [0.25, 0.3) is 0 Å². The Morgan fingerprint density at radius 2 is 0.844 bits per heavy atom. The molecule has 0 bridgehead atoms. The number of carbonyl (C=O) groups is 2. The van der Waals surface area contributed by atoms with Gasteiger partial charge >= 0.3 is 0 Å². The highest BCUT2D eigenvalue weighted by atomic mass is 16.6. The van der Waals surface area contributed by atoms with E-state index in [1.165, 1.54) is 26.6 Å². The van der Waals surface area contributed by atoms with Gasteiger partial charge in [0.1, 0.15) is 50.4 Å². The summed E-state index contributed by atoms with van der Waals surface area (Å²) in [4.78, 5) is 35.5. The largest absolute Gasteiger partial charge is 0.497 e. The van der Waals surface area contributed by atoms with Crippen molar-refractivity contribution in [1.29, 1.82) is 0 Å². The molecule has 64 heavy (non-hydrogen) atoms. The lowest BCUT2D eigenvalue weighted by Crippen LogP contribution is -2.29. The van der Waals surface area contributed by atoms with E-state index >= 15 is 0 Å². The highest BCUT2D eigenvalue weighted by Crippen LogP contribution is 2.22. The average Bonchev–Trinajstić information content (AvgIpc) is 3.33. The summed E-state index contributed by atoms with van der Waals surface area (Å²) in [6.07, 6.45) is 3.07. The number of rotatable bonds is 18. The molecule has 0 unspecified atom stereocenters. The van der Waals surface area contributed by atoms with Crippen LogP contribution >= 0.6 is 0 Å². The van der Waals surface area contributed by atoms with Gasteiger partial charge in [0.25, 0.3) is 11.8 Å². The van der Waals surface area contributed by atoms with Gasteiger partial charge in [0, 0.05) is 11.1 Å². The predicted molar refractivity (Wildman–Crippen MR) is 248 cm³/mol. The van der Waals surface area contributed by atoms with Crippen LogP contribution in [0.2, 0.25) is 0 Å². The maximum absolute atomic E-state index is 12.8. The number of nitrogens with one attached hydrogen (secondary N) is 2. The van der Waals surface area contributed by atoms with Gasteiger partial charge < -0.3 is 28.6 Å². The average molecular weight is 863 g/mol.